The van der Waals surface area contributed by atoms with E-state index >= 15 is 0 Å². The van der Waals surface area contributed by atoms with Gasteiger partial charge in [-0.25, -0.2) is 4.79 Å². The molecule has 0 aliphatic heterocycles. The van der Waals surface area contributed by atoms with Crippen molar-refractivity contribution in [3.63, 3.8) is 0 Å². The molecule has 0 saturated carbocycles. The summed E-state index contributed by atoms with van der Waals surface area (Å²) in [6, 6.07) is 7.93. The molecule has 1 aromatic heterocycles. The fourth-order valence-corrected chi connectivity index (χ4v) is 1.49. The number of aryl methyl sites for hydroxylation is 1. The monoisotopic (exact) mass is 216 g/mol. The first-order valence-electron chi connectivity index (χ1n) is 5.01. The van der Waals surface area contributed by atoms with Gasteiger partial charge < -0.3 is 4.98 Å². The van der Waals surface area contributed by atoms with Gasteiger partial charge in [0, 0.05) is 18.2 Å². The lowest BCUT2D eigenvalue weighted by Crippen LogP contribution is -2.24. The second-order valence-corrected chi connectivity index (χ2v) is 3.76. The third-order valence-corrected chi connectivity index (χ3v) is 2.41. The van der Waals surface area contributed by atoms with Crippen LogP contribution in [0, 0.1) is 6.92 Å². The van der Waals surface area contributed by atoms with Crippen LogP contribution in [0.3, 0.4) is 0 Å². The van der Waals surface area contributed by atoms with E-state index in [-0.39, 0.29) is 5.56 Å². The molecule has 16 heavy (non-hydrogen) atoms. The van der Waals surface area contributed by atoms with Crippen molar-refractivity contribution in [3.05, 3.63) is 68.0 Å². The molecule has 0 unspecified atom stereocenters. The van der Waals surface area contributed by atoms with Gasteiger partial charge in [-0.15, -0.1) is 0 Å². The summed E-state index contributed by atoms with van der Waals surface area (Å²) in [5, 5.41) is 0. The van der Waals surface area contributed by atoms with E-state index in [4.69, 9.17) is 0 Å². The second-order valence-electron chi connectivity index (χ2n) is 3.76. The number of H-pyrrole nitrogens is 2. The van der Waals surface area contributed by atoms with E-state index < -0.39 is 5.69 Å². The zero-order chi connectivity index (χ0) is 11.5. The van der Waals surface area contributed by atoms with Crippen molar-refractivity contribution < 1.29 is 0 Å². The Balaban J connectivity index is 2.30. The van der Waals surface area contributed by atoms with Gasteiger partial charge in [0.2, 0.25) is 0 Å². The summed E-state index contributed by atoms with van der Waals surface area (Å²) >= 11 is 0. The van der Waals surface area contributed by atoms with Gasteiger partial charge in [-0.3, -0.25) is 9.78 Å². The lowest BCUT2D eigenvalue weighted by molar-refractivity contribution is 0.975. The zero-order valence-electron chi connectivity index (χ0n) is 8.91. The molecule has 2 rings (SSSR count). The topological polar surface area (TPSA) is 65.7 Å². The SMILES string of the molecule is Cc1ccc(Cc2c[nH]c(=O)[nH]c2=O)cc1. The molecule has 0 aliphatic carbocycles. The summed E-state index contributed by atoms with van der Waals surface area (Å²) in [7, 11) is 0. The summed E-state index contributed by atoms with van der Waals surface area (Å²) in [5.74, 6) is 0. The summed E-state index contributed by atoms with van der Waals surface area (Å²) in [6.07, 6.45) is 1.98. The third-order valence-electron chi connectivity index (χ3n) is 2.41. The van der Waals surface area contributed by atoms with Gasteiger partial charge in [-0.2, -0.15) is 0 Å². The normalized spacial score (nSPS) is 10.3. The van der Waals surface area contributed by atoms with Crippen LogP contribution in [-0.2, 0) is 6.42 Å². The Morgan fingerprint density at radius 1 is 1.12 bits per heavy atom. The van der Waals surface area contributed by atoms with Crippen LogP contribution in [0.4, 0.5) is 0 Å². The maximum Gasteiger partial charge on any atom is 0.325 e. The third kappa shape index (κ3) is 2.28. The van der Waals surface area contributed by atoms with Crippen LogP contribution < -0.4 is 11.2 Å². The maximum absolute atomic E-state index is 11.4. The van der Waals surface area contributed by atoms with E-state index in [9.17, 15) is 9.59 Å². The first-order valence-corrected chi connectivity index (χ1v) is 5.01. The van der Waals surface area contributed by atoms with Gasteiger partial charge in [-0.05, 0) is 12.5 Å². The molecule has 1 aromatic carbocycles. The standard InChI is InChI=1S/C12H12N2O2/c1-8-2-4-9(5-3-8)6-10-7-13-12(16)14-11(10)15/h2-5,7H,6H2,1H3,(H2,13,14,15,16). The molecule has 0 fully saturated rings. The van der Waals surface area contributed by atoms with E-state index in [1.165, 1.54) is 11.8 Å². The number of hydrogen-bond acceptors (Lipinski definition) is 2. The molecule has 4 heteroatoms. The molecule has 0 atom stereocenters. The Bertz CT molecular complexity index is 593. The molecule has 2 N–H and O–H groups in total. The smallest absolute Gasteiger partial charge is 0.314 e. The zero-order valence-corrected chi connectivity index (χ0v) is 8.91. The lowest BCUT2D eigenvalue weighted by Gasteiger charge is -2.00. The van der Waals surface area contributed by atoms with Crippen molar-refractivity contribution in [3.8, 4) is 0 Å². The number of benzene rings is 1. The molecule has 0 amide bonds. The number of nitrogens with one attached hydrogen (secondary N) is 2. The van der Waals surface area contributed by atoms with Gasteiger partial charge in [0.1, 0.15) is 0 Å². The van der Waals surface area contributed by atoms with E-state index in [0.29, 0.717) is 12.0 Å². The maximum atomic E-state index is 11.4. The van der Waals surface area contributed by atoms with Crippen LogP contribution in [-0.4, -0.2) is 9.97 Å². The number of aromatic nitrogens is 2. The molecule has 4 nitrogen and oxygen atoms in total. The van der Waals surface area contributed by atoms with Crippen molar-refractivity contribution in [2.24, 2.45) is 0 Å². The van der Waals surface area contributed by atoms with Crippen LogP contribution in [0.5, 0.6) is 0 Å². The summed E-state index contributed by atoms with van der Waals surface area (Å²) < 4.78 is 0. The van der Waals surface area contributed by atoms with Crippen molar-refractivity contribution >= 4 is 0 Å². The van der Waals surface area contributed by atoms with Gasteiger partial charge in [-0.1, -0.05) is 29.8 Å². The van der Waals surface area contributed by atoms with Gasteiger partial charge >= 0.3 is 5.69 Å². The summed E-state index contributed by atoms with van der Waals surface area (Å²) in [4.78, 5) is 26.9. The Kier molecular flexibility index (Phi) is 2.72. The largest absolute Gasteiger partial charge is 0.325 e. The van der Waals surface area contributed by atoms with Crippen LogP contribution in [0.15, 0.2) is 40.1 Å². The molecule has 82 valence electrons. The van der Waals surface area contributed by atoms with Crippen molar-refractivity contribution in [1.82, 2.24) is 9.97 Å². The van der Waals surface area contributed by atoms with Gasteiger partial charge in [0.15, 0.2) is 0 Å². The highest BCUT2D eigenvalue weighted by molar-refractivity contribution is 5.25. The molecule has 0 radical (unpaired) electrons. The number of rotatable bonds is 2. The van der Waals surface area contributed by atoms with Crippen LogP contribution in [0.1, 0.15) is 16.7 Å². The fraction of sp³-hybridized carbons (Fsp3) is 0.167. The van der Waals surface area contributed by atoms with E-state index in [0.717, 1.165) is 5.56 Å². The quantitative estimate of drug-likeness (QED) is 0.785. The van der Waals surface area contributed by atoms with Gasteiger partial charge in [0.25, 0.3) is 5.56 Å². The summed E-state index contributed by atoms with van der Waals surface area (Å²) in [5.41, 5.74) is 1.98. The molecule has 0 spiro atoms. The molecular weight excluding hydrogens is 204 g/mol. The van der Waals surface area contributed by atoms with Crippen LogP contribution in [0.2, 0.25) is 0 Å². The Morgan fingerprint density at radius 3 is 2.44 bits per heavy atom. The van der Waals surface area contributed by atoms with Crippen molar-refractivity contribution in [2.45, 2.75) is 13.3 Å². The summed E-state index contributed by atoms with van der Waals surface area (Å²) in [6.45, 7) is 2.01. The fourth-order valence-electron chi connectivity index (χ4n) is 1.49. The number of hydrogen-bond donors (Lipinski definition) is 2. The minimum absolute atomic E-state index is 0.329. The van der Waals surface area contributed by atoms with E-state index in [2.05, 4.69) is 9.97 Å². The Labute approximate surface area is 92.0 Å². The van der Waals surface area contributed by atoms with Crippen molar-refractivity contribution in [1.29, 1.82) is 0 Å². The molecular formula is C12H12N2O2. The molecule has 2 aromatic rings. The number of aromatic amines is 2. The first-order chi connectivity index (χ1) is 7.65. The first kappa shape index (κ1) is 10.4. The predicted octanol–water partition coefficient (Wildman–Crippen LogP) is 0.962. The minimum atomic E-state index is -0.474. The second kappa shape index (κ2) is 4.18. The van der Waals surface area contributed by atoms with Gasteiger partial charge in [0.05, 0.1) is 0 Å². The molecule has 0 bridgehead atoms. The van der Waals surface area contributed by atoms with Crippen LogP contribution in [0.25, 0.3) is 0 Å². The molecule has 1 heterocycles. The lowest BCUT2D eigenvalue weighted by atomic mass is 10.1. The Hall–Kier alpha value is -2.10. The van der Waals surface area contributed by atoms with Crippen molar-refractivity contribution in [2.75, 3.05) is 0 Å². The minimum Gasteiger partial charge on any atom is -0.314 e. The average Bonchev–Trinajstić information content (AvgIpc) is 2.25. The van der Waals surface area contributed by atoms with E-state index in [1.807, 2.05) is 31.2 Å². The highest BCUT2D eigenvalue weighted by Gasteiger charge is 2.01. The predicted molar refractivity (Wildman–Crippen MR) is 61.7 cm³/mol. The average molecular weight is 216 g/mol. The molecule has 0 aliphatic rings. The van der Waals surface area contributed by atoms with E-state index in [1.54, 1.807) is 0 Å². The van der Waals surface area contributed by atoms with Crippen LogP contribution >= 0.6 is 0 Å². The highest BCUT2D eigenvalue weighted by Crippen LogP contribution is 2.06. The molecule has 0 saturated heterocycles. The highest BCUT2D eigenvalue weighted by atomic mass is 16.2. The Morgan fingerprint density at radius 2 is 1.81 bits per heavy atom.